The van der Waals surface area contributed by atoms with Crippen LogP contribution in [0.2, 0.25) is 0 Å². The normalized spacial score (nSPS) is 15.0. The Balaban J connectivity index is 1.83. The van der Waals surface area contributed by atoms with Crippen LogP contribution in [0.3, 0.4) is 0 Å². The summed E-state index contributed by atoms with van der Waals surface area (Å²) < 4.78 is 28.5. The highest BCUT2D eigenvalue weighted by atomic mass is 32.2. The summed E-state index contributed by atoms with van der Waals surface area (Å²) in [7, 11) is 0.286. The summed E-state index contributed by atoms with van der Waals surface area (Å²) >= 11 is 1.00. The first-order valence-corrected chi connectivity index (χ1v) is 9.91. The van der Waals surface area contributed by atoms with Crippen molar-refractivity contribution in [1.82, 2.24) is 4.31 Å². The minimum absolute atomic E-state index is 0.0582. The third-order valence-corrected chi connectivity index (χ3v) is 6.69. The van der Waals surface area contributed by atoms with E-state index in [1.165, 1.54) is 30.3 Å². The number of primary amides is 1. The summed E-state index contributed by atoms with van der Waals surface area (Å²) in [6, 6.07) is 6.94. The van der Waals surface area contributed by atoms with Crippen LogP contribution in [-0.4, -0.2) is 33.9 Å². The van der Waals surface area contributed by atoms with Crippen LogP contribution in [0.4, 0.5) is 9.39 Å². The molecule has 3 rings (SSSR count). The monoisotopic (exact) mass is 395 g/mol. The molecule has 0 radical (unpaired) electrons. The quantitative estimate of drug-likeness (QED) is 0.755. The Kier molecular flexibility index (Phi) is 5.49. The number of nitrogens with two attached hydrogens (primary N) is 1. The van der Waals surface area contributed by atoms with E-state index in [4.69, 9.17) is 5.73 Å². The van der Waals surface area contributed by atoms with Gasteiger partial charge in [0.2, 0.25) is 0 Å². The summed E-state index contributed by atoms with van der Waals surface area (Å²) in [4.78, 5) is 24.0. The van der Waals surface area contributed by atoms with Crippen LogP contribution in [0.15, 0.2) is 34.5 Å². The van der Waals surface area contributed by atoms with Gasteiger partial charge in [0, 0.05) is 13.6 Å². The number of thiophene rings is 1. The first kappa shape index (κ1) is 18.7. The summed E-state index contributed by atoms with van der Waals surface area (Å²) in [5, 5.41) is 2.66. The number of hydrogen-bond acceptors (Lipinski definition) is 4. The Labute approximate surface area is 156 Å². The number of anilines is 1. The second-order valence-corrected chi connectivity index (χ2v) is 8.98. The molecule has 1 heterocycles. The fourth-order valence-corrected chi connectivity index (χ4v) is 5.01. The van der Waals surface area contributed by atoms with Gasteiger partial charge in [0.1, 0.15) is 26.0 Å². The van der Waals surface area contributed by atoms with Crippen LogP contribution >= 0.6 is 11.3 Å². The molecule has 3 N–H and O–H groups in total. The van der Waals surface area contributed by atoms with Gasteiger partial charge in [0.25, 0.3) is 11.8 Å². The summed E-state index contributed by atoms with van der Waals surface area (Å²) in [5.74, 6) is -1.57. The molecule has 0 spiro atoms. The van der Waals surface area contributed by atoms with Gasteiger partial charge in [-0.3, -0.25) is 9.59 Å². The van der Waals surface area contributed by atoms with Crippen molar-refractivity contribution in [3.8, 4) is 0 Å². The van der Waals surface area contributed by atoms with Gasteiger partial charge >= 0.3 is 0 Å². The van der Waals surface area contributed by atoms with Gasteiger partial charge in [-0.1, -0.05) is 12.1 Å². The molecule has 6 nitrogen and oxygen atoms in total. The number of amides is 2. The van der Waals surface area contributed by atoms with Gasteiger partial charge < -0.3 is 11.1 Å². The van der Waals surface area contributed by atoms with Crippen molar-refractivity contribution in [1.29, 1.82) is 0 Å². The molecule has 0 bridgehead atoms. The molecule has 1 aromatic heterocycles. The summed E-state index contributed by atoms with van der Waals surface area (Å²) in [5.41, 5.74) is 5.28. The molecule has 1 aliphatic rings. The lowest BCUT2D eigenvalue weighted by Crippen LogP contribution is -2.23. The Bertz CT molecular complexity index is 880. The largest absolute Gasteiger partial charge is 0.366 e. The lowest BCUT2D eigenvalue weighted by atomic mass is 10.2. The molecule has 2 aromatic rings. The van der Waals surface area contributed by atoms with Gasteiger partial charge in [-0.05, 0) is 37.0 Å². The molecule has 2 amide bonds. The fourth-order valence-electron chi connectivity index (χ4n) is 2.43. The number of carbonyl (C=O) groups excluding carboxylic acids is 2. The van der Waals surface area contributed by atoms with Crippen LogP contribution in [0, 0.1) is 11.7 Å². The van der Waals surface area contributed by atoms with E-state index < -0.39 is 28.6 Å². The third-order valence-electron chi connectivity index (χ3n) is 3.99. The molecule has 9 heteroatoms. The SMILES string of the molecule is CN(CC1CC1)S(=O)c1cc(C(N)=O)c(NC(=O)c2ccccc2F)s1. The van der Waals surface area contributed by atoms with Gasteiger partial charge in [0.05, 0.1) is 11.1 Å². The van der Waals surface area contributed by atoms with E-state index in [-0.39, 0.29) is 16.1 Å². The highest BCUT2D eigenvalue weighted by molar-refractivity contribution is 7.85. The first-order chi connectivity index (χ1) is 12.4. The molecule has 1 aromatic carbocycles. The maximum atomic E-state index is 13.8. The summed E-state index contributed by atoms with van der Waals surface area (Å²) in [6.45, 7) is 0.702. The minimum Gasteiger partial charge on any atom is -0.366 e. The number of benzene rings is 1. The van der Waals surface area contributed by atoms with E-state index >= 15 is 0 Å². The number of hydrogen-bond donors (Lipinski definition) is 2. The average Bonchev–Trinajstić information content (AvgIpc) is 3.31. The zero-order valence-electron chi connectivity index (χ0n) is 14.0. The van der Waals surface area contributed by atoms with Crippen molar-refractivity contribution in [3.05, 3.63) is 47.3 Å². The predicted octanol–water partition coefficient (Wildman–Crippen LogP) is 2.60. The van der Waals surface area contributed by atoms with E-state index in [2.05, 4.69) is 5.32 Å². The molecule has 1 saturated carbocycles. The van der Waals surface area contributed by atoms with E-state index in [0.717, 1.165) is 24.2 Å². The maximum Gasteiger partial charge on any atom is 0.259 e. The van der Waals surface area contributed by atoms with E-state index in [1.54, 1.807) is 11.4 Å². The van der Waals surface area contributed by atoms with Crippen molar-refractivity contribution in [2.45, 2.75) is 17.1 Å². The van der Waals surface area contributed by atoms with Crippen LogP contribution in [-0.2, 0) is 11.0 Å². The van der Waals surface area contributed by atoms with E-state index in [0.29, 0.717) is 16.7 Å². The topological polar surface area (TPSA) is 92.5 Å². The second-order valence-electron chi connectivity index (χ2n) is 6.11. The smallest absolute Gasteiger partial charge is 0.259 e. The van der Waals surface area contributed by atoms with Crippen molar-refractivity contribution in [2.75, 3.05) is 18.9 Å². The molecule has 0 aliphatic heterocycles. The van der Waals surface area contributed by atoms with Crippen molar-refractivity contribution in [2.24, 2.45) is 11.7 Å². The average molecular weight is 395 g/mol. The van der Waals surface area contributed by atoms with Crippen LogP contribution in [0.25, 0.3) is 0 Å². The lowest BCUT2D eigenvalue weighted by Gasteiger charge is -2.13. The summed E-state index contributed by atoms with van der Waals surface area (Å²) in [6.07, 6.45) is 2.25. The fraction of sp³-hybridized carbons (Fsp3) is 0.294. The highest BCUT2D eigenvalue weighted by Gasteiger charge is 2.27. The molecule has 1 aliphatic carbocycles. The van der Waals surface area contributed by atoms with Crippen molar-refractivity contribution >= 4 is 39.1 Å². The van der Waals surface area contributed by atoms with Crippen molar-refractivity contribution < 1.29 is 18.2 Å². The molecule has 0 saturated heterocycles. The van der Waals surface area contributed by atoms with Crippen LogP contribution in [0.1, 0.15) is 33.6 Å². The van der Waals surface area contributed by atoms with Crippen LogP contribution < -0.4 is 11.1 Å². The van der Waals surface area contributed by atoms with Crippen LogP contribution in [0.5, 0.6) is 0 Å². The third kappa shape index (κ3) is 4.17. The minimum atomic E-state index is -1.46. The standard InChI is InChI=1S/C17H18FN3O3S2/c1-21(9-10-6-7-10)26(24)14-8-12(15(19)22)17(25-14)20-16(23)11-4-2-3-5-13(11)18/h2-5,8,10H,6-7,9H2,1H3,(H2,19,22)(H,20,23). The molecule has 1 unspecified atom stereocenters. The van der Waals surface area contributed by atoms with Gasteiger partial charge in [-0.2, -0.15) is 0 Å². The molecular weight excluding hydrogens is 377 g/mol. The van der Waals surface area contributed by atoms with Gasteiger partial charge in [-0.25, -0.2) is 12.9 Å². The van der Waals surface area contributed by atoms with Gasteiger partial charge in [-0.15, -0.1) is 11.3 Å². The highest BCUT2D eigenvalue weighted by Crippen LogP contribution is 2.34. The second kappa shape index (κ2) is 7.65. The molecule has 26 heavy (non-hydrogen) atoms. The predicted molar refractivity (Wildman–Crippen MR) is 99.0 cm³/mol. The lowest BCUT2D eigenvalue weighted by molar-refractivity contribution is 0.100. The number of halogens is 1. The molecular formula is C17H18FN3O3S2. The Morgan fingerprint density at radius 2 is 2.04 bits per heavy atom. The van der Waals surface area contributed by atoms with Crippen molar-refractivity contribution in [3.63, 3.8) is 0 Å². The first-order valence-electron chi connectivity index (χ1n) is 7.99. The van der Waals surface area contributed by atoms with E-state index in [1.807, 2.05) is 0 Å². The van der Waals surface area contributed by atoms with Gasteiger partial charge in [0.15, 0.2) is 0 Å². The molecule has 1 fully saturated rings. The zero-order chi connectivity index (χ0) is 18.8. The Morgan fingerprint density at radius 3 is 2.65 bits per heavy atom. The molecule has 138 valence electrons. The number of nitrogens with one attached hydrogen (secondary N) is 1. The number of nitrogens with zero attached hydrogens (tertiary/aromatic N) is 1. The number of rotatable bonds is 7. The molecule has 1 atom stereocenters. The maximum absolute atomic E-state index is 13.8. The van der Waals surface area contributed by atoms with E-state index in [9.17, 15) is 18.2 Å². The Hall–Kier alpha value is -2.10. The zero-order valence-corrected chi connectivity index (χ0v) is 15.7. The number of carbonyl (C=O) groups is 2. The Morgan fingerprint density at radius 1 is 1.35 bits per heavy atom.